The molecule has 2 unspecified atom stereocenters. The van der Waals surface area contributed by atoms with Crippen LogP contribution in [-0.2, 0) is 4.74 Å². The molecule has 0 bridgehead atoms. The maximum Gasteiger partial charge on any atom is 0.0641 e. The summed E-state index contributed by atoms with van der Waals surface area (Å²) in [5.41, 5.74) is 0. The van der Waals surface area contributed by atoms with Crippen LogP contribution in [0.3, 0.4) is 0 Å². The van der Waals surface area contributed by atoms with E-state index in [0.717, 1.165) is 18.1 Å². The van der Waals surface area contributed by atoms with Gasteiger partial charge in [0.15, 0.2) is 0 Å². The zero-order valence-corrected chi connectivity index (χ0v) is 7.76. The summed E-state index contributed by atoms with van der Waals surface area (Å²) in [4.78, 5) is 0. The first-order valence-electron chi connectivity index (χ1n) is 4.52. The number of halogens is 1. The van der Waals surface area contributed by atoms with Crippen molar-refractivity contribution in [1.29, 1.82) is 0 Å². The molecule has 1 nitrogen and oxygen atoms in total. The maximum absolute atomic E-state index is 5.82. The molecule has 0 aromatic rings. The van der Waals surface area contributed by atoms with Gasteiger partial charge < -0.3 is 4.74 Å². The van der Waals surface area contributed by atoms with Crippen LogP contribution >= 0.6 is 11.6 Å². The second kappa shape index (κ2) is 3.63. The minimum Gasteiger partial charge on any atom is -0.378 e. The summed E-state index contributed by atoms with van der Waals surface area (Å²) in [5, 5.41) is 0.865. The van der Waals surface area contributed by atoms with Crippen LogP contribution in [0.4, 0.5) is 0 Å². The van der Waals surface area contributed by atoms with Crippen LogP contribution in [0.25, 0.3) is 0 Å². The largest absolute Gasteiger partial charge is 0.378 e. The minimum atomic E-state index is 0.447. The Balaban J connectivity index is 1.94. The number of hydrogen-bond donors (Lipinski definition) is 0. The molecular formula is C10H13ClO. The lowest BCUT2D eigenvalue weighted by Crippen LogP contribution is -2.18. The van der Waals surface area contributed by atoms with E-state index in [1.807, 2.05) is 6.08 Å². The van der Waals surface area contributed by atoms with Crippen LogP contribution in [0.2, 0.25) is 0 Å². The Labute approximate surface area is 78.0 Å². The Hall–Kier alpha value is -0.270. The van der Waals surface area contributed by atoms with Crippen molar-refractivity contribution in [2.45, 2.75) is 25.4 Å². The summed E-state index contributed by atoms with van der Waals surface area (Å²) in [5.74, 6) is 0.565. The van der Waals surface area contributed by atoms with Crippen LogP contribution in [-0.4, -0.2) is 12.7 Å². The van der Waals surface area contributed by atoms with Gasteiger partial charge >= 0.3 is 0 Å². The molecule has 12 heavy (non-hydrogen) atoms. The van der Waals surface area contributed by atoms with Crippen LogP contribution in [0.1, 0.15) is 19.3 Å². The van der Waals surface area contributed by atoms with Gasteiger partial charge in [0, 0.05) is 17.6 Å². The summed E-state index contributed by atoms with van der Waals surface area (Å²) in [6.45, 7) is 0.937. The van der Waals surface area contributed by atoms with Gasteiger partial charge in [-0.1, -0.05) is 23.8 Å². The van der Waals surface area contributed by atoms with Gasteiger partial charge in [-0.15, -0.1) is 0 Å². The van der Waals surface area contributed by atoms with Crippen LogP contribution in [0.5, 0.6) is 0 Å². The predicted octanol–water partition coefficient (Wildman–Crippen LogP) is 2.86. The first-order chi connectivity index (χ1) is 5.86. The third-order valence-electron chi connectivity index (χ3n) is 2.53. The van der Waals surface area contributed by atoms with E-state index in [9.17, 15) is 0 Å². The Morgan fingerprint density at radius 2 is 2.42 bits per heavy atom. The third-order valence-corrected chi connectivity index (χ3v) is 2.81. The standard InChI is InChI=1S/C10H13ClO/c11-9-5-3-8(4-6-9)10-2-1-7-12-10/h3,5-6,8,10H,1-2,4,7H2. The third kappa shape index (κ3) is 1.73. The van der Waals surface area contributed by atoms with E-state index in [0.29, 0.717) is 12.0 Å². The molecule has 0 radical (unpaired) electrons. The molecule has 2 rings (SSSR count). The lowest BCUT2D eigenvalue weighted by Gasteiger charge is -2.20. The molecule has 2 aliphatic rings. The fourth-order valence-corrected chi connectivity index (χ4v) is 1.99. The first-order valence-corrected chi connectivity index (χ1v) is 4.89. The normalized spacial score (nSPS) is 35.2. The summed E-state index contributed by atoms with van der Waals surface area (Å²) in [7, 11) is 0. The number of rotatable bonds is 1. The van der Waals surface area contributed by atoms with Gasteiger partial charge in [-0.2, -0.15) is 0 Å². The van der Waals surface area contributed by atoms with Gasteiger partial charge in [0.05, 0.1) is 6.10 Å². The smallest absolute Gasteiger partial charge is 0.0641 e. The van der Waals surface area contributed by atoms with Gasteiger partial charge in [-0.05, 0) is 25.3 Å². The SMILES string of the molecule is ClC1=CCC(C2CCCO2)C=C1. The maximum atomic E-state index is 5.82. The lowest BCUT2D eigenvalue weighted by molar-refractivity contribution is 0.0795. The van der Waals surface area contributed by atoms with E-state index >= 15 is 0 Å². The first kappa shape index (κ1) is 8.33. The molecule has 0 aromatic heterocycles. The molecule has 1 fully saturated rings. The summed E-state index contributed by atoms with van der Waals surface area (Å²) in [6, 6.07) is 0. The molecule has 0 spiro atoms. The van der Waals surface area contributed by atoms with Gasteiger partial charge in [0.1, 0.15) is 0 Å². The zero-order valence-electron chi connectivity index (χ0n) is 7.00. The fourth-order valence-electron chi connectivity index (χ4n) is 1.83. The molecule has 1 saturated heterocycles. The average Bonchev–Trinajstić information content (AvgIpc) is 2.58. The number of ether oxygens (including phenoxy) is 1. The number of hydrogen-bond acceptors (Lipinski definition) is 1. The lowest BCUT2D eigenvalue weighted by atomic mass is 9.93. The molecule has 1 heterocycles. The molecular weight excluding hydrogens is 172 g/mol. The van der Waals surface area contributed by atoms with Crippen molar-refractivity contribution in [1.82, 2.24) is 0 Å². The van der Waals surface area contributed by atoms with Crippen molar-refractivity contribution in [3.8, 4) is 0 Å². The van der Waals surface area contributed by atoms with E-state index in [1.165, 1.54) is 12.8 Å². The van der Waals surface area contributed by atoms with E-state index in [-0.39, 0.29) is 0 Å². The van der Waals surface area contributed by atoms with Gasteiger partial charge in [0.25, 0.3) is 0 Å². The van der Waals surface area contributed by atoms with Crippen molar-refractivity contribution in [3.63, 3.8) is 0 Å². The van der Waals surface area contributed by atoms with E-state index < -0.39 is 0 Å². The highest BCUT2D eigenvalue weighted by Crippen LogP contribution is 2.28. The van der Waals surface area contributed by atoms with Crippen LogP contribution < -0.4 is 0 Å². The fraction of sp³-hybridized carbons (Fsp3) is 0.600. The van der Waals surface area contributed by atoms with E-state index in [4.69, 9.17) is 16.3 Å². The molecule has 0 amide bonds. The highest BCUT2D eigenvalue weighted by atomic mass is 35.5. The Morgan fingerprint density at radius 1 is 1.50 bits per heavy atom. The minimum absolute atomic E-state index is 0.447. The molecule has 1 aliphatic heterocycles. The zero-order chi connectivity index (χ0) is 8.39. The van der Waals surface area contributed by atoms with Crippen LogP contribution in [0, 0.1) is 5.92 Å². The second-order valence-corrected chi connectivity index (χ2v) is 3.84. The van der Waals surface area contributed by atoms with Crippen LogP contribution in [0.15, 0.2) is 23.3 Å². The quantitative estimate of drug-likeness (QED) is 0.609. The highest BCUT2D eigenvalue weighted by Gasteiger charge is 2.24. The average molecular weight is 185 g/mol. The van der Waals surface area contributed by atoms with Crippen molar-refractivity contribution >= 4 is 11.6 Å². The summed E-state index contributed by atoms with van der Waals surface area (Å²) < 4.78 is 5.60. The Morgan fingerprint density at radius 3 is 3.00 bits per heavy atom. The molecule has 2 heteroatoms. The predicted molar refractivity (Wildman–Crippen MR) is 50.2 cm³/mol. The molecule has 2 atom stereocenters. The Bertz CT molecular complexity index is 214. The molecule has 0 saturated carbocycles. The van der Waals surface area contributed by atoms with Gasteiger partial charge in [-0.3, -0.25) is 0 Å². The van der Waals surface area contributed by atoms with Crippen molar-refractivity contribution in [3.05, 3.63) is 23.3 Å². The summed E-state index contributed by atoms with van der Waals surface area (Å²) in [6.07, 6.45) is 10.2. The van der Waals surface area contributed by atoms with Crippen molar-refractivity contribution in [2.24, 2.45) is 5.92 Å². The molecule has 0 N–H and O–H groups in total. The van der Waals surface area contributed by atoms with Crippen molar-refractivity contribution in [2.75, 3.05) is 6.61 Å². The second-order valence-electron chi connectivity index (χ2n) is 3.40. The van der Waals surface area contributed by atoms with Gasteiger partial charge in [-0.25, -0.2) is 0 Å². The van der Waals surface area contributed by atoms with E-state index in [2.05, 4.69) is 12.2 Å². The topological polar surface area (TPSA) is 9.23 Å². The molecule has 0 aromatic carbocycles. The van der Waals surface area contributed by atoms with E-state index in [1.54, 1.807) is 0 Å². The number of allylic oxidation sites excluding steroid dienone is 3. The molecule has 66 valence electrons. The Kier molecular flexibility index (Phi) is 2.52. The monoisotopic (exact) mass is 184 g/mol. The van der Waals surface area contributed by atoms with Crippen molar-refractivity contribution < 1.29 is 4.74 Å². The summed E-state index contributed by atoms with van der Waals surface area (Å²) >= 11 is 5.82. The highest BCUT2D eigenvalue weighted by molar-refractivity contribution is 6.31. The molecule has 1 aliphatic carbocycles. The van der Waals surface area contributed by atoms with Gasteiger partial charge in [0.2, 0.25) is 0 Å².